The molecule has 48 heavy (non-hydrogen) atoms. The molecule has 5 N–H and O–H groups in total. The van der Waals surface area contributed by atoms with Gasteiger partial charge in [0.15, 0.2) is 13.3 Å². The molecule has 1 aliphatic carbocycles. The van der Waals surface area contributed by atoms with Crippen LogP contribution in [0.25, 0.3) is 0 Å². The third-order valence-corrected chi connectivity index (χ3v) is 10.6. The fourth-order valence-corrected chi connectivity index (χ4v) is 7.97. The van der Waals surface area contributed by atoms with Crippen molar-refractivity contribution in [3.05, 3.63) is 53.6 Å². The van der Waals surface area contributed by atoms with Gasteiger partial charge in [0.1, 0.15) is 29.7 Å². The summed E-state index contributed by atoms with van der Waals surface area (Å²) in [6, 6.07) is 13.0. The first-order chi connectivity index (χ1) is 22.9. The minimum atomic E-state index is -0.929. The second-order valence-electron chi connectivity index (χ2n) is 13.9. The van der Waals surface area contributed by atoms with E-state index < -0.39 is 11.7 Å². The zero-order chi connectivity index (χ0) is 32.7. The molecule has 3 saturated heterocycles. The van der Waals surface area contributed by atoms with Crippen LogP contribution in [0.1, 0.15) is 62.2 Å². The molecular formula is C36H52BrN3O8. The Labute approximate surface area is 294 Å². The average molecular weight is 735 g/mol. The van der Waals surface area contributed by atoms with Crippen molar-refractivity contribution in [1.29, 1.82) is 0 Å². The highest BCUT2D eigenvalue weighted by Gasteiger charge is 2.48. The number of benzene rings is 2. The van der Waals surface area contributed by atoms with Crippen LogP contribution in [0.3, 0.4) is 0 Å². The van der Waals surface area contributed by atoms with E-state index in [9.17, 15) is 20.1 Å². The largest absolute Gasteiger partial charge is 1.00 e. The lowest BCUT2D eigenvalue weighted by atomic mass is 9.80. The second kappa shape index (κ2) is 17.1. The van der Waals surface area contributed by atoms with Crippen LogP contribution in [0, 0.1) is 11.8 Å². The summed E-state index contributed by atoms with van der Waals surface area (Å²) in [5.74, 6) is 0.834. The van der Waals surface area contributed by atoms with Crippen molar-refractivity contribution in [2.45, 2.75) is 62.8 Å². The van der Waals surface area contributed by atoms with E-state index in [-0.39, 0.29) is 53.8 Å². The van der Waals surface area contributed by atoms with E-state index >= 15 is 0 Å². The normalized spacial score (nSPS) is 25.4. The first-order valence-electron chi connectivity index (χ1n) is 17.4. The molecule has 0 spiro atoms. The zero-order valence-electron chi connectivity index (χ0n) is 27.8. The molecule has 1 saturated carbocycles. The van der Waals surface area contributed by atoms with Crippen LogP contribution in [0.2, 0.25) is 0 Å². The second-order valence-corrected chi connectivity index (χ2v) is 13.9. The number of rotatable bonds is 17. The van der Waals surface area contributed by atoms with Crippen LogP contribution in [-0.2, 0) is 24.6 Å². The number of aliphatic hydroxyl groups is 2. The summed E-state index contributed by atoms with van der Waals surface area (Å²) in [6.45, 7) is 6.63. The minimum absolute atomic E-state index is 0. The number of nitrogens with zero attached hydrogens (tertiary/aromatic N) is 1. The van der Waals surface area contributed by atoms with Gasteiger partial charge in [0, 0.05) is 50.1 Å². The lowest BCUT2D eigenvalue weighted by Crippen LogP contribution is -3.00. The molecule has 4 heterocycles. The number of hydrogen-bond acceptors (Lipinski definition) is 9. The SMILES string of the molecule is O=C1COc2c(cc(O)cc2[C@@H](O)CNCCOCCCOC[N+]23CCC(CC2)[C@@H](OC[C@@](O)(c2ccccc2)C2CCCC2)C3)N1.[Br-]. The summed E-state index contributed by atoms with van der Waals surface area (Å²) in [4.78, 5) is 11.6. The number of anilines is 1. The summed E-state index contributed by atoms with van der Waals surface area (Å²) in [5.41, 5.74) is 0.830. The van der Waals surface area contributed by atoms with Gasteiger partial charge in [0.2, 0.25) is 0 Å². The van der Waals surface area contributed by atoms with Gasteiger partial charge in [-0.2, -0.15) is 0 Å². The van der Waals surface area contributed by atoms with E-state index in [0.717, 1.165) is 61.8 Å². The number of nitrogens with one attached hydrogen (secondary N) is 2. The number of amides is 1. The van der Waals surface area contributed by atoms with Crippen LogP contribution in [0.4, 0.5) is 5.69 Å². The number of quaternary nitrogens is 1. The van der Waals surface area contributed by atoms with Gasteiger partial charge >= 0.3 is 0 Å². The first-order valence-corrected chi connectivity index (χ1v) is 17.4. The zero-order valence-corrected chi connectivity index (χ0v) is 29.4. The average Bonchev–Trinajstić information content (AvgIpc) is 3.64. The van der Waals surface area contributed by atoms with Crippen molar-refractivity contribution in [3.63, 3.8) is 0 Å². The van der Waals surface area contributed by atoms with Crippen molar-refractivity contribution in [1.82, 2.24) is 5.32 Å². The Morgan fingerprint density at radius 2 is 1.79 bits per heavy atom. The Morgan fingerprint density at radius 3 is 2.56 bits per heavy atom. The van der Waals surface area contributed by atoms with Crippen molar-refractivity contribution in [2.24, 2.45) is 11.8 Å². The molecule has 2 aromatic carbocycles. The van der Waals surface area contributed by atoms with Crippen molar-refractivity contribution < 1.29 is 60.5 Å². The topological polar surface area (TPSA) is 139 Å². The summed E-state index contributed by atoms with van der Waals surface area (Å²) in [5, 5.41) is 38.4. The molecule has 2 bridgehead atoms. The monoisotopic (exact) mass is 733 g/mol. The Kier molecular flexibility index (Phi) is 13.2. The van der Waals surface area contributed by atoms with E-state index in [1.165, 1.54) is 25.0 Å². The maximum Gasteiger partial charge on any atom is 0.262 e. The molecule has 4 fully saturated rings. The first kappa shape index (κ1) is 37.0. The molecule has 0 radical (unpaired) electrons. The molecule has 2 aromatic rings. The summed E-state index contributed by atoms with van der Waals surface area (Å²) in [6.07, 6.45) is 6.79. The number of hydrogen-bond donors (Lipinski definition) is 5. The predicted octanol–water partition coefficient (Wildman–Crippen LogP) is 0.435. The predicted molar refractivity (Wildman–Crippen MR) is 176 cm³/mol. The summed E-state index contributed by atoms with van der Waals surface area (Å²) >= 11 is 0. The number of carbonyl (C=O) groups is 1. The molecule has 266 valence electrons. The fraction of sp³-hybridized carbons (Fsp3) is 0.639. The van der Waals surface area contributed by atoms with E-state index in [4.69, 9.17) is 18.9 Å². The van der Waals surface area contributed by atoms with Crippen LogP contribution in [0.5, 0.6) is 11.5 Å². The Balaban J connectivity index is 0.00000451. The van der Waals surface area contributed by atoms with Gasteiger partial charge in [0.25, 0.3) is 5.91 Å². The highest BCUT2D eigenvalue weighted by Crippen LogP contribution is 2.43. The van der Waals surface area contributed by atoms with E-state index in [1.807, 2.05) is 18.2 Å². The number of phenols is 1. The minimum Gasteiger partial charge on any atom is -1.00 e. The molecule has 0 aromatic heterocycles. The van der Waals surface area contributed by atoms with Crippen LogP contribution in [-0.4, -0.2) is 104 Å². The summed E-state index contributed by atoms with van der Waals surface area (Å²) < 4.78 is 25.0. The number of phenolic OH excluding ortho intramolecular Hbond substituents is 1. The van der Waals surface area contributed by atoms with Crippen molar-refractivity contribution in [3.8, 4) is 11.5 Å². The van der Waals surface area contributed by atoms with E-state index in [1.54, 1.807) is 0 Å². The van der Waals surface area contributed by atoms with Gasteiger partial charge < -0.3 is 61.9 Å². The maximum absolute atomic E-state index is 12.0. The highest BCUT2D eigenvalue weighted by atomic mass is 79.9. The van der Waals surface area contributed by atoms with Gasteiger partial charge in [-0.25, -0.2) is 0 Å². The Bertz CT molecular complexity index is 1320. The van der Waals surface area contributed by atoms with Gasteiger partial charge in [-0.3, -0.25) is 9.28 Å². The van der Waals surface area contributed by atoms with E-state index in [0.29, 0.717) is 62.6 Å². The Morgan fingerprint density at radius 1 is 1.04 bits per heavy atom. The number of halogens is 1. The number of piperidine rings is 3. The number of carbonyl (C=O) groups excluding carboxylic acids is 1. The lowest BCUT2D eigenvalue weighted by molar-refractivity contribution is -0.963. The van der Waals surface area contributed by atoms with Crippen LogP contribution in [0.15, 0.2) is 42.5 Å². The maximum atomic E-state index is 12.0. The number of aliphatic hydroxyl groups excluding tert-OH is 1. The van der Waals surface area contributed by atoms with Gasteiger partial charge in [-0.1, -0.05) is 43.2 Å². The van der Waals surface area contributed by atoms with Crippen molar-refractivity contribution >= 4 is 11.6 Å². The number of fused-ring (bicyclic) bond motifs is 4. The third kappa shape index (κ3) is 8.89. The molecule has 12 heteroatoms. The number of ether oxygens (including phenoxy) is 4. The van der Waals surface area contributed by atoms with Gasteiger partial charge in [-0.15, -0.1) is 0 Å². The molecule has 7 rings (SSSR count). The molecule has 4 aliphatic heterocycles. The van der Waals surface area contributed by atoms with Crippen LogP contribution >= 0.6 is 0 Å². The third-order valence-electron chi connectivity index (χ3n) is 10.6. The van der Waals surface area contributed by atoms with E-state index in [2.05, 4.69) is 22.8 Å². The molecule has 11 nitrogen and oxygen atoms in total. The van der Waals surface area contributed by atoms with Gasteiger partial charge in [-0.05, 0) is 36.8 Å². The highest BCUT2D eigenvalue weighted by molar-refractivity contribution is 5.96. The molecule has 1 amide bonds. The Hall–Kier alpha value is -2.29. The fourth-order valence-electron chi connectivity index (χ4n) is 7.97. The summed E-state index contributed by atoms with van der Waals surface area (Å²) in [7, 11) is 0. The molecule has 0 unspecified atom stereocenters. The smallest absolute Gasteiger partial charge is 0.262 e. The number of aromatic hydroxyl groups is 1. The lowest BCUT2D eigenvalue weighted by Gasteiger charge is -2.52. The molecule has 5 aliphatic rings. The van der Waals surface area contributed by atoms with Crippen molar-refractivity contribution in [2.75, 3.05) is 77.8 Å². The molecule has 3 atom stereocenters. The molecular weight excluding hydrogens is 682 g/mol. The quantitative estimate of drug-likeness (QED) is 0.116. The standard InChI is InChI=1S/C36H51N3O8.BrH/c40-29-19-30(35-31(20-29)38-34(42)23-46-35)32(41)21-37-13-18-44-16-6-17-45-25-39-14-11-26(12-15-39)33(22-39)47-24-36(43,28-9-4-5-10-28)27-7-2-1-3-8-27;/h1-3,7-8,19-20,26,28,32-33,37,41,43H,4-6,9-18,21-25H2,(H-,38,40,42);1H/t26?,32-,33-,36+,39?;/m0./s1. The van der Waals surface area contributed by atoms with Crippen LogP contribution < -0.4 is 32.4 Å². The van der Waals surface area contributed by atoms with Gasteiger partial charge in [0.05, 0.1) is 44.7 Å².